The Labute approximate surface area is 156 Å². The number of rotatable bonds is 5. The highest BCUT2D eigenvalue weighted by Crippen LogP contribution is 2.43. The molecule has 6 nitrogen and oxygen atoms in total. The zero-order chi connectivity index (χ0) is 18.8. The molecule has 0 saturated carbocycles. The molecule has 1 aromatic rings. The lowest BCUT2D eigenvalue weighted by atomic mass is 9.89. The van der Waals surface area contributed by atoms with Crippen LogP contribution in [-0.2, 0) is 4.74 Å². The number of aromatic nitrogens is 2. The standard InChI is InChI=1S/C15H18F3IN4O2/c1-8(2)14(19)5-9(3-4-11(14)24-7-15(16,17)18)25-10-6-22-13(21)23-12(10)20/h4-6,8H,3,7H2,1-2H3,(H4,20,21,22,23). The van der Waals surface area contributed by atoms with Crippen molar-refractivity contribution < 1.29 is 22.6 Å². The molecule has 0 aromatic carbocycles. The van der Waals surface area contributed by atoms with E-state index in [1.165, 1.54) is 6.20 Å². The number of nitrogens with zero attached hydrogens (tertiary/aromatic N) is 2. The van der Waals surface area contributed by atoms with Gasteiger partial charge >= 0.3 is 6.18 Å². The minimum atomic E-state index is -4.40. The Morgan fingerprint density at radius 3 is 2.60 bits per heavy atom. The Morgan fingerprint density at radius 1 is 1.36 bits per heavy atom. The highest BCUT2D eigenvalue weighted by molar-refractivity contribution is 14.1. The predicted molar refractivity (Wildman–Crippen MR) is 95.9 cm³/mol. The summed E-state index contributed by atoms with van der Waals surface area (Å²) in [6, 6.07) is 0. The monoisotopic (exact) mass is 470 g/mol. The van der Waals surface area contributed by atoms with E-state index >= 15 is 0 Å². The molecule has 1 aromatic heterocycles. The van der Waals surface area contributed by atoms with E-state index < -0.39 is 16.2 Å². The van der Waals surface area contributed by atoms with E-state index in [9.17, 15) is 13.2 Å². The zero-order valence-electron chi connectivity index (χ0n) is 13.6. The second-order valence-electron chi connectivity index (χ2n) is 5.79. The van der Waals surface area contributed by atoms with Crippen LogP contribution in [0, 0.1) is 5.92 Å². The molecule has 0 amide bonds. The zero-order valence-corrected chi connectivity index (χ0v) is 15.8. The molecule has 1 aliphatic rings. The molecule has 1 unspecified atom stereocenters. The van der Waals surface area contributed by atoms with Gasteiger partial charge in [-0.05, 0) is 18.1 Å². The molecule has 1 aliphatic carbocycles. The van der Waals surface area contributed by atoms with Gasteiger partial charge in [0.1, 0.15) is 14.9 Å². The van der Waals surface area contributed by atoms with E-state index in [2.05, 4.69) is 32.6 Å². The lowest BCUT2D eigenvalue weighted by Crippen LogP contribution is -2.34. The van der Waals surface area contributed by atoms with Gasteiger partial charge in [-0.3, -0.25) is 0 Å². The van der Waals surface area contributed by atoms with Crippen molar-refractivity contribution in [1.29, 1.82) is 0 Å². The van der Waals surface area contributed by atoms with Crippen LogP contribution in [0.4, 0.5) is 24.9 Å². The van der Waals surface area contributed by atoms with Crippen molar-refractivity contribution in [2.75, 3.05) is 18.1 Å². The van der Waals surface area contributed by atoms with E-state index in [4.69, 9.17) is 20.9 Å². The summed E-state index contributed by atoms with van der Waals surface area (Å²) in [6.45, 7) is 2.44. The Kier molecular flexibility index (Phi) is 5.69. The number of nitrogen functional groups attached to an aromatic ring is 2. The number of anilines is 2. The van der Waals surface area contributed by atoms with Crippen molar-refractivity contribution in [2.24, 2.45) is 5.92 Å². The van der Waals surface area contributed by atoms with Crippen LogP contribution in [0.5, 0.6) is 5.75 Å². The Bertz CT molecular complexity index is 707. The van der Waals surface area contributed by atoms with Crippen LogP contribution in [-0.4, -0.2) is 26.2 Å². The molecule has 138 valence electrons. The predicted octanol–water partition coefficient (Wildman–Crippen LogP) is 3.60. The van der Waals surface area contributed by atoms with Gasteiger partial charge in [-0.2, -0.15) is 18.2 Å². The fourth-order valence-electron chi connectivity index (χ4n) is 2.18. The van der Waals surface area contributed by atoms with Crippen molar-refractivity contribution in [2.45, 2.75) is 29.9 Å². The van der Waals surface area contributed by atoms with Gasteiger partial charge in [-0.15, -0.1) is 0 Å². The number of ether oxygens (including phenoxy) is 2. The highest BCUT2D eigenvalue weighted by atomic mass is 127. The molecule has 25 heavy (non-hydrogen) atoms. The van der Waals surface area contributed by atoms with E-state index in [1.54, 1.807) is 12.2 Å². The fourth-order valence-corrected chi connectivity index (χ4v) is 2.91. The lowest BCUT2D eigenvalue weighted by Gasteiger charge is -2.34. The van der Waals surface area contributed by atoms with Crippen LogP contribution in [0.25, 0.3) is 0 Å². The summed E-state index contributed by atoms with van der Waals surface area (Å²) in [5.74, 6) is 1.08. The van der Waals surface area contributed by atoms with Crippen molar-refractivity contribution >= 4 is 34.4 Å². The van der Waals surface area contributed by atoms with Crippen molar-refractivity contribution in [3.05, 3.63) is 29.9 Å². The van der Waals surface area contributed by atoms with Gasteiger partial charge in [0, 0.05) is 6.42 Å². The van der Waals surface area contributed by atoms with Gasteiger partial charge in [0.15, 0.2) is 18.2 Å². The minimum Gasteiger partial charge on any atom is -0.487 e. The maximum Gasteiger partial charge on any atom is 0.422 e. The molecular weight excluding hydrogens is 452 g/mol. The summed E-state index contributed by atoms with van der Waals surface area (Å²) in [6.07, 6.45) is 0.532. The van der Waals surface area contributed by atoms with Crippen LogP contribution in [0.3, 0.4) is 0 Å². The van der Waals surface area contributed by atoms with Gasteiger partial charge in [0.2, 0.25) is 5.95 Å². The minimum absolute atomic E-state index is 0.0237. The second kappa shape index (κ2) is 7.26. The molecule has 0 bridgehead atoms. The van der Waals surface area contributed by atoms with Crippen LogP contribution in [0.15, 0.2) is 29.9 Å². The Balaban J connectivity index is 2.21. The van der Waals surface area contributed by atoms with Gasteiger partial charge in [-0.25, -0.2) is 4.98 Å². The average molecular weight is 470 g/mol. The maximum absolute atomic E-state index is 12.5. The maximum atomic E-state index is 12.5. The number of hydrogen-bond acceptors (Lipinski definition) is 6. The fraction of sp³-hybridized carbons (Fsp3) is 0.467. The first-order valence-corrected chi connectivity index (χ1v) is 8.46. The first-order chi connectivity index (χ1) is 11.5. The molecule has 0 fully saturated rings. The summed E-state index contributed by atoms with van der Waals surface area (Å²) >= 11 is 2.07. The number of alkyl halides is 4. The third-order valence-corrected chi connectivity index (χ3v) is 5.60. The smallest absolute Gasteiger partial charge is 0.422 e. The number of halogens is 4. The third-order valence-electron chi connectivity index (χ3n) is 3.51. The summed E-state index contributed by atoms with van der Waals surface area (Å²) in [7, 11) is 0. The number of hydrogen-bond donors (Lipinski definition) is 2. The van der Waals surface area contributed by atoms with Gasteiger partial charge in [0.05, 0.1) is 6.20 Å². The van der Waals surface area contributed by atoms with Crippen LogP contribution in [0.1, 0.15) is 20.3 Å². The molecule has 2 rings (SSSR count). The van der Waals surface area contributed by atoms with Gasteiger partial charge < -0.3 is 20.9 Å². The van der Waals surface area contributed by atoms with E-state index in [0.717, 1.165) is 0 Å². The summed E-state index contributed by atoms with van der Waals surface area (Å²) in [5.41, 5.74) is 11.2. The third kappa shape index (κ3) is 4.89. The van der Waals surface area contributed by atoms with Crippen LogP contribution in [0.2, 0.25) is 0 Å². The van der Waals surface area contributed by atoms with E-state index in [1.807, 2.05) is 13.8 Å². The first kappa shape index (κ1) is 19.6. The average Bonchev–Trinajstić information content (AvgIpc) is 2.48. The largest absolute Gasteiger partial charge is 0.487 e. The molecule has 0 aliphatic heterocycles. The summed E-state index contributed by atoms with van der Waals surface area (Å²) < 4.78 is 47.4. The van der Waals surface area contributed by atoms with Gasteiger partial charge in [-0.1, -0.05) is 36.4 Å². The lowest BCUT2D eigenvalue weighted by molar-refractivity contribution is -0.166. The topological polar surface area (TPSA) is 96.3 Å². The summed E-state index contributed by atoms with van der Waals surface area (Å²) in [4.78, 5) is 7.62. The van der Waals surface area contributed by atoms with Crippen LogP contribution >= 0.6 is 22.6 Å². The summed E-state index contributed by atoms with van der Waals surface area (Å²) in [5, 5.41) is 0. The molecule has 4 N–H and O–H groups in total. The Hall–Kier alpha value is -1.72. The molecule has 1 heterocycles. The second-order valence-corrected chi connectivity index (χ2v) is 7.57. The molecule has 1 atom stereocenters. The molecule has 0 radical (unpaired) electrons. The number of allylic oxidation sites excluding steroid dienone is 2. The van der Waals surface area contributed by atoms with Crippen molar-refractivity contribution in [3.8, 4) is 5.75 Å². The normalized spacial score (nSPS) is 20.9. The SMILES string of the molecule is CC(C)C1(I)C=C(Oc2cnc(N)nc2N)CC=C1OCC(F)(F)F. The van der Waals surface area contributed by atoms with Crippen molar-refractivity contribution in [3.63, 3.8) is 0 Å². The quantitative estimate of drug-likeness (QED) is 0.505. The number of nitrogens with two attached hydrogens (primary N) is 2. The molecule has 0 spiro atoms. The van der Waals surface area contributed by atoms with Gasteiger partial charge in [0.25, 0.3) is 0 Å². The van der Waals surface area contributed by atoms with E-state index in [-0.39, 0.29) is 35.6 Å². The highest BCUT2D eigenvalue weighted by Gasteiger charge is 2.40. The van der Waals surface area contributed by atoms with Crippen LogP contribution < -0.4 is 16.2 Å². The Morgan fingerprint density at radius 2 is 2.04 bits per heavy atom. The molecule has 0 saturated heterocycles. The van der Waals surface area contributed by atoms with E-state index in [0.29, 0.717) is 5.76 Å². The van der Waals surface area contributed by atoms with Crippen molar-refractivity contribution in [1.82, 2.24) is 9.97 Å². The first-order valence-electron chi connectivity index (χ1n) is 7.38. The molecular formula is C15H18F3IN4O2. The molecule has 10 heteroatoms.